The van der Waals surface area contributed by atoms with E-state index in [9.17, 15) is 0 Å². The Hall–Kier alpha value is -0.340. The first-order chi connectivity index (χ1) is 9.74. The van der Waals surface area contributed by atoms with Crippen LogP contribution in [0.3, 0.4) is 0 Å². The number of rotatable bonds is 5. The standard InChI is InChI=1S/C15H25N3OS.HI/c1-12(14-5-7-20-11-14)8-17-15(16-2)18-6-4-13(9-18)10-19-3;/h5,7,11-13H,4,6,8-10H2,1-3H3,(H,16,17);1H. The van der Waals surface area contributed by atoms with Crippen LogP contribution in [0.15, 0.2) is 21.8 Å². The average Bonchev–Trinajstić information content (AvgIpc) is 3.11. The van der Waals surface area contributed by atoms with Gasteiger partial charge < -0.3 is 15.0 Å². The summed E-state index contributed by atoms with van der Waals surface area (Å²) >= 11 is 1.76. The minimum atomic E-state index is 0. The highest BCUT2D eigenvalue weighted by atomic mass is 127. The van der Waals surface area contributed by atoms with Crippen molar-refractivity contribution in [1.82, 2.24) is 10.2 Å². The Morgan fingerprint density at radius 2 is 2.43 bits per heavy atom. The van der Waals surface area contributed by atoms with Gasteiger partial charge >= 0.3 is 0 Å². The van der Waals surface area contributed by atoms with Gasteiger partial charge in [0, 0.05) is 39.7 Å². The third-order valence-corrected chi connectivity index (χ3v) is 4.58. The van der Waals surface area contributed by atoms with Crippen molar-refractivity contribution >= 4 is 41.3 Å². The molecule has 1 fully saturated rings. The van der Waals surface area contributed by atoms with Gasteiger partial charge in [-0.2, -0.15) is 11.3 Å². The van der Waals surface area contributed by atoms with E-state index < -0.39 is 0 Å². The number of aliphatic imine (C=N–C) groups is 1. The van der Waals surface area contributed by atoms with Crippen LogP contribution in [0.25, 0.3) is 0 Å². The van der Waals surface area contributed by atoms with Gasteiger partial charge in [0.1, 0.15) is 0 Å². The molecule has 0 aromatic carbocycles. The molecule has 4 nitrogen and oxygen atoms in total. The highest BCUT2D eigenvalue weighted by Crippen LogP contribution is 2.19. The van der Waals surface area contributed by atoms with Crippen LogP contribution in [0, 0.1) is 5.92 Å². The fourth-order valence-electron chi connectivity index (χ4n) is 2.65. The van der Waals surface area contributed by atoms with Crippen LogP contribution in [0.2, 0.25) is 0 Å². The van der Waals surface area contributed by atoms with Gasteiger partial charge in [-0.1, -0.05) is 6.92 Å². The first-order valence-electron chi connectivity index (χ1n) is 7.21. The molecule has 0 aliphatic carbocycles. The number of nitrogens with zero attached hydrogens (tertiary/aromatic N) is 2. The summed E-state index contributed by atoms with van der Waals surface area (Å²) in [6.45, 7) is 6.13. The number of nitrogens with one attached hydrogen (secondary N) is 1. The smallest absolute Gasteiger partial charge is 0.193 e. The molecule has 1 N–H and O–H groups in total. The second-order valence-corrected chi connectivity index (χ2v) is 6.22. The van der Waals surface area contributed by atoms with Crippen molar-refractivity contribution in [2.24, 2.45) is 10.9 Å². The summed E-state index contributed by atoms with van der Waals surface area (Å²) in [6, 6.07) is 2.20. The SMILES string of the molecule is CN=C(NCC(C)c1ccsc1)N1CCC(COC)C1.I. The van der Waals surface area contributed by atoms with Crippen LogP contribution in [0.5, 0.6) is 0 Å². The lowest BCUT2D eigenvalue weighted by atomic mass is 10.1. The van der Waals surface area contributed by atoms with Gasteiger partial charge in [-0.05, 0) is 34.7 Å². The fraction of sp³-hybridized carbons (Fsp3) is 0.667. The Kier molecular flexibility index (Phi) is 8.58. The highest BCUT2D eigenvalue weighted by molar-refractivity contribution is 14.0. The molecular formula is C15H26IN3OS. The van der Waals surface area contributed by atoms with E-state index in [2.05, 4.69) is 39.0 Å². The number of likely N-dealkylation sites (tertiary alicyclic amines) is 1. The molecule has 1 aliphatic heterocycles. The molecule has 0 spiro atoms. The van der Waals surface area contributed by atoms with E-state index in [1.807, 2.05) is 7.05 Å². The predicted octanol–water partition coefficient (Wildman–Crippen LogP) is 3.01. The number of ether oxygens (including phenoxy) is 1. The van der Waals surface area contributed by atoms with Gasteiger partial charge in [0.15, 0.2) is 5.96 Å². The number of guanidine groups is 1. The molecule has 2 atom stereocenters. The zero-order chi connectivity index (χ0) is 14.4. The first-order valence-corrected chi connectivity index (χ1v) is 8.15. The molecule has 2 unspecified atom stereocenters. The van der Waals surface area contributed by atoms with Crippen LogP contribution in [-0.2, 0) is 4.74 Å². The third kappa shape index (κ3) is 5.41. The van der Waals surface area contributed by atoms with E-state index in [0.717, 1.165) is 32.2 Å². The van der Waals surface area contributed by atoms with Crippen LogP contribution in [-0.4, -0.2) is 51.3 Å². The summed E-state index contributed by atoms with van der Waals surface area (Å²) in [6.07, 6.45) is 1.19. The predicted molar refractivity (Wildman–Crippen MR) is 101 cm³/mol. The molecule has 0 amide bonds. The Morgan fingerprint density at radius 1 is 1.62 bits per heavy atom. The second kappa shape index (κ2) is 9.63. The Morgan fingerprint density at radius 3 is 3.05 bits per heavy atom. The largest absolute Gasteiger partial charge is 0.384 e. The Labute approximate surface area is 149 Å². The van der Waals surface area contributed by atoms with Crippen molar-refractivity contribution in [2.45, 2.75) is 19.3 Å². The van der Waals surface area contributed by atoms with Gasteiger partial charge in [0.05, 0.1) is 6.61 Å². The second-order valence-electron chi connectivity index (χ2n) is 5.44. The van der Waals surface area contributed by atoms with Crippen molar-refractivity contribution in [3.05, 3.63) is 22.4 Å². The van der Waals surface area contributed by atoms with Crippen LogP contribution < -0.4 is 5.32 Å². The summed E-state index contributed by atoms with van der Waals surface area (Å²) in [7, 11) is 3.64. The quantitative estimate of drug-likeness (QED) is 0.450. The summed E-state index contributed by atoms with van der Waals surface area (Å²) in [5.74, 6) is 2.16. The normalized spacial score (nSPS) is 20.2. The number of halogens is 1. The third-order valence-electron chi connectivity index (χ3n) is 3.88. The van der Waals surface area contributed by atoms with Crippen molar-refractivity contribution in [2.75, 3.05) is 40.4 Å². The molecule has 1 aromatic rings. The number of hydrogen-bond donors (Lipinski definition) is 1. The van der Waals surface area contributed by atoms with E-state index in [1.54, 1.807) is 18.4 Å². The molecule has 1 aliphatic rings. The maximum Gasteiger partial charge on any atom is 0.193 e. The van der Waals surface area contributed by atoms with Gasteiger partial charge in [-0.15, -0.1) is 24.0 Å². The summed E-state index contributed by atoms with van der Waals surface area (Å²) in [5, 5.41) is 7.86. The lowest BCUT2D eigenvalue weighted by Crippen LogP contribution is -2.41. The van der Waals surface area contributed by atoms with E-state index >= 15 is 0 Å². The van der Waals surface area contributed by atoms with Crippen molar-refractivity contribution in [3.8, 4) is 0 Å². The fourth-order valence-corrected chi connectivity index (χ4v) is 3.43. The van der Waals surface area contributed by atoms with Gasteiger partial charge in [-0.25, -0.2) is 0 Å². The first kappa shape index (κ1) is 18.7. The maximum atomic E-state index is 5.25. The molecule has 1 aromatic heterocycles. The Balaban J connectivity index is 0.00000220. The van der Waals surface area contributed by atoms with Crippen molar-refractivity contribution < 1.29 is 4.74 Å². The van der Waals surface area contributed by atoms with E-state index in [4.69, 9.17) is 4.74 Å². The molecule has 21 heavy (non-hydrogen) atoms. The molecule has 0 saturated carbocycles. The minimum Gasteiger partial charge on any atom is -0.384 e. The van der Waals surface area contributed by atoms with E-state index in [0.29, 0.717) is 11.8 Å². The number of methoxy groups -OCH3 is 1. The lowest BCUT2D eigenvalue weighted by Gasteiger charge is -2.23. The summed E-state index contributed by atoms with van der Waals surface area (Å²) in [4.78, 5) is 6.75. The zero-order valence-corrected chi connectivity index (χ0v) is 16.2. The van der Waals surface area contributed by atoms with Crippen LogP contribution in [0.1, 0.15) is 24.8 Å². The van der Waals surface area contributed by atoms with Gasteiger partial charge in [0.2, 0.25) is 0 Å². The summed E-state index contributed by atoms with van der Waals surface area (Å²) in [5.41, 5.74) is 1.40. The Bertz CT molecular complexity index is 425. The van der Waals surface area contributed by atoms with E-state index in [-0.39, 0.29) is 24.0 Å². The zero-order valence-electron chi connectivity index (χ0n) is 13.0. The molecule has 1 saturated heterocycles. The molecule has 0 bridgehead atoms. The number of hydrogen-bond acceptors (Lipinski definition) is 3. The van der Waals surface area contributed by atoms with Crippen molar-refractivity contribution in [1.29, 1.82) is 0 Å². The molecule has 2 heterocycles. The summed E-state index contributed by atoms with van der Waals surface area (Å²) < 4.78 is 5.25. The van der Waals surface area contributed by atoms with Gasteiger partial charge in [-0.3, -0.25) is 4.99 Å². The lowest BCUT2D eigenvalue weighted by molar-refractivity contribution is 0.157. The van der Waals surface area contributed by atoms with Crippen LogP contribution in [0.4, 0.5) is 0 Å². The molecule has 120 valence electrons. The molecule has 6 heteroatoms. The minimum absolute atomic E-state index is 0. The number of thiophene rings is 1. The van der Waals surface area contributed by atoms with Gasteiger partial charge in [0.25, 0.3) is 0 Å². The van der Waals surface area contributed by atoms with E-state index in [1.165, 1.54) is 12.0 Å². The average molecular weight is 423 g/mol. The molecule has 0 radical (unpaired) electrons. The maximum absolute atomic E-state index is 5.25. The van der Waals surface area contributed by atoms with Crippen LogP contribution >= 0.6 is 35.3 Å². The monoisotopic (exact) mass is 423 g/mol. The molecular weight excluding hydrogens is 397 g/mol. The molecule has 2 rings (SSSR count). The topological polar surface area (TPSA) is 36.9 Å². The van der Waals surface area contributed by atoms with Crippen molar-refractivity contribution in [3.63, 3.8) is 0 Å². The highest BCUT2D eigenvalue weighted by Gasteiger charge is 2.24.